The predicted octanol–water partition coefficient (Wildman–Crippen LogP) is 3.97. The standard InChI is InChI=1S/C31H41N7O6S/c1-19-8-7-9-20(2)28(19)25-14-26(35-29(33-25)36-45(41,42)23-16-32-37(6)18-23)43-22-12-13-38(17-22)27(39)15-24(21-10-11-21)34-30(40)44-31(3,4)5/h7-9,14,16,18,21-22,24H,10-13,15,17H2,1-6H3,(H,34,40)(H,33,35,36). The number of carbonyl (C=O) groups is 2. The molecule has 2 atom stereocenters. The molecule has 0 bridgehead atoms. The highest BCUT2D eigenvalue weighted by atomic mass is 32.2. The van der Waals surface area contributed by atoms with Crippen molar-refractivity contribution in [1.29, 1.82) is 0 Å². The van der Waals surface area contributed by atoms with Crippen molar-refractivity contribution in [1.82, 2.24) is 30.0 Å². The first kappa shape index (κ1) is 32.2. The zero-order valence-electron chi connectivity index (χ0n) is 26.5. The minimum atomic E-state index is -4.01. The summed E-state index contributed by atoms with van der Waals surface area (Å²) in [5.74, 6) is 0.237. The van der Waals surface area contributed by atoms with Gasteiger partial charge in [0, 0.05) is 50.3 Å². The number of aryl methyl sites for hydroxylation is 3. The van der Waals surface area contributed by atoms with Crippen LogP contribution in [0.15, 0.2) is 41.6 Å². The molecule has 2 N–H and O–H groups in total. The van der Waals surface area contributed by atoms with Gasteiger partial charge >= 0.3 is 6.09 Å². The summed E-state index contributed by atoms with van der Waals surface area (Å²) in [5, 5.41) is 6.84. The maximum atomic E-state index is 13.3. The largest absolute Gasteiger partial charge is 0.472 e. The van der Waals surface area contributed by atoms with Crippen LogP contribution < -0.4 is 14.8 Å². The van der Waals surface area contributed by atoms with Crippen LogP contribution in [0.5, 0.6) is 5.88 Å². The molecule has 1 aliphatic heterocycles. The molecule has 2 amide bonds. The molecule has 45 heavy (non-hydrogen) atoms. The number of ether oxygens (including phenoxy) is 2. The number of nitrogens with one attached hydrogen (secondary N) is 2. The first-order chi connectivity index (χ1) is 21.2. The van der Waals surface area contributed by atoms with E-state index in [2.05, 4.69) is 25.1 Å². The van der Waals surface area contributed by atoms with Crippen LogP contribution >= 0.6 is 0 Å². The summed E-state index contributed by atoms with van der Waals surface area (Å²) in [6.07, 6.45) is 4.42. The van der Waals surface area contributed by atoms with Crippen LogP contribution in [0.1, 0.15) is 57.6 Å². The Kier molecular flexibility index (Phi) is 9.06. The van der Waals surface area contributed by atoms with Crippen molar-refractivity contribution < 1.29 is 27.5 Å². The van der Waals surface area contributed by atoms with Gasteiger partial charge in [0.2, 0.25) is 17.7 Å². The second kappa shape index (κ2) is 12.7. The van der Waals surface area contributed by atoms with E-state index >= 15 is 0 Å². The third-order valence-corrected chi connectivity index (χ3v) is 9.01. The van der Waals surface area contributed by atoms with Gasteiger partial charge in [0.1, 0.15) is 16.6 Å². The van der Waals surface area contributed by atoms with Crippen molar-refractivity contribution in [2.45, 2.75) is 82.9 Å². The Labute approximate surface area is 263 Å². The molecule has 0 spiro atoms. The second-order valence-corrected chi connectivity index (χ2v) is 14.5. The van der Waals surface area contributed by atoms with Crippen molar-refractivity contribution in [3.63, 3.8) is 0 Å². The van der Waals surface area contributed by atoms with E-state index in [9.17, 15) is 18.0 Å². The fourth-order valence-electron chi connectivity index (χ4n) is 5.43. The molecule has 1 saturated heterocycles. The van der Waals surface area contributed by atoms with Crippen molar-refractivity contribution in [3.8, 4) is 17.1 Å². The fourth-order valence-corrected chi connectivity index (χ4v) is 6.35. The predicted molar refractivity (Wildman–Crippen MR) is 167 cm³/mol. The van der Waals surface area contributed by atoms with Gasteiger partial charge < -0.3 is 19.7 Å². The van der Waals surface area contributed by atoms with Crippen LogP contribution in [0.4, 0.5) is 10.7 Å². The molecule has 2 aliphatic rings. The molecule has 242 valence electrons. The van der Waals surface area contributed by atoms with Gasteiger partial charge in [-0.05, 0) is 64.5 Å². The zero-order valence-corrected chi connectivity index (χ0v) is 27.3. The van der Waals surface area contributed by atoms with Gasteiger partial charge in [0.05, 0.1) is 18.4 Å². The average molecular weight is 640 g/mol. The number of hydrogen-bond acceptors (Lipinski definition) is 9. The van der Waals surface area contributed by atoms with Gasteiger partial charge in [-0.15, -0.1) is 0 Å². The molecule has 1 saturated carbocycles. The summed E-state index contributed by atoms with van der Waals surface area (Å²) >= 11 is 0. The number of rotatable bonds is 10. The molecule has 1 aromatic carbocycles. The average Bonchev–Trinajstić information content (AvgIpc) is 3.50. The normalized spacial score (nSPS) is 17.6. The van der Waals surface area contributed by atoms with E-state index < -0.39 is 21.7 Å². The van der Waals surface area contributed by atoms with E-state index in [1.165, 1.54) is 17.1 Å². The monoisotopic (exact) mass is 639 g/mol. The Morgan fingerprint density at radius 1 is 1.11 bits per heavy atom. The Morgan fingerprint density at radius 2 is 1.82 bits per heavy atom. The van der Waals surface area contributed by atoms with Gasteiger partial charge in [0.15, 0.2) is 0 Å². The maximum Gasteiger partial charge on any atom is 0.407 e. The quantitative estimate of drug-likeness (QED) is 0.335. The third kappa shape index (κ3) is 8.29. The van der Waals surface area contributed by atoms with Crippen molar-refractivity contribution >= 4 is 28.0 Å². The Bertz CT molecular complexity index is 1660. The summed E-state index contributed by atoms with van der Waals surface area (Å²) in [7, 11) is -2.39. The number of sulfonamides is 1. The summed E-state index contributed by atoms with van der Waals surface area (Å²) in [6.45, 7) is 10.1. The van der Waals surface area contributed by atoms with Crippen LogP contribution in [-0.4, -0.2) is 75.9 Å². The molecule has 2 unspecified atom stereocenters. The summed E-state index contributed by atoms with van der Waals surface area (Å²) in [6, 6.07) is 7.26. The van der Waals surface area contributed by atoms with E-state index in [1.807, 2.05) is 32.0 Å². The molecule has 1 aliphatic carbocycles. The number of carbonyl (C=O) groups excluding carboxylic acids is 2. The molecule has 3 heterocycles. The fraction of sp³-hybridized carbons (Fsp3) is 0.516. The highest BCUT2D eigenvalue weighted by Crippen LogP contribution is 2.35. The first-order valence-electron chi connectivity index (χ1n) is 15.1. The topological polar surface area (TPSA) is 158 Å². The highest BCUT2D eigenvalue weighted by molar-refractivity contribution is 7.92. The number of hydrogen-bond donors (Lipinski definition) is 2. The van der Waals surface area contributed by atoms with Crippen LogP contribution in [0, 0.1) is 19.8 Å². The van der Waals surface area contributed by atoms with Crippen molar-refractivity contribution in [2.75, 3.05) is 17.8 Å². The van der Waals surface area contributed by atoms with Crippen molar-refractivity contribution in [2.24, 2.45) is 13.0 Å². The number of nitrogens with zero attached hydrogens (tertiary/aromatic N) is 5. The van der Waals surface area contributed by atoms with E-state index in [-0.39, 0.29) is 47.1 Å². The minimum Gasteiger partial charge on any atom is -0.472 e. The number of aromatic nitrogens is 4. The van der Waals surface area contributed by atoms with Gasteiger partial charge in [-0.1, -0.05) is 18.2 Å². The number of anilines is 1. The van der Waals surface area contributed by atoms with Gasteiger partial charge in [0.25, 0.3) is 10.0 Å². The molecule has 2 fully saturated rings. The lowest BCUT2D eigenvalue weighted by atomic mass is 10.00. The molecule has 0 radical (unpaired) electrons. The minimum absolute atomic E-state index is 0.0239. The van der Waals surface area contributed by atoms with E-state index in [1.54, 1.807) is 38.8 Å². The van der Waals surface area contributed by atoms with Crippen LogP contribution in [-0.2, 0) is 26.6 Å². The first-order valence-corrected chi connectivity index (χ1v) is 16.6. The summed E-state index contributed by atoms with van der Waals surface area (Å²) in [5.41, 5.74) is 2.65. The van der Waals surface area contributed by atoms with Gasteiger partial charge in [-0.3, -0.25) is 9.48 Å². The number of alkyl carbamates (subject to hydrolysis) is 1. The van der Waals surface area contributed by atoms with E-state index in [4.69, 9.17) is 9.47 Å². The van der Waals surface area contributed by atoms with E-state index in [0.717, 1.165) is 29.5 Å². The highest BCUT2D eigenvalue weighted by Gasteiger charge is 2.37. The molecule has 5 rings (SSSR count). The molecule has 3 aromatic rings. The van der Waals surface area contributed by atoms with Gasteiger partial charge in [-0.25, -0.2) is 22.9 Å². The third-order valence-electron chi connectivity index (χ3n) is 7.73. The van der Waals surface area contributed by atoms with E-state index in [0.29, 0.717) is 25.2 Å². The number of amides is 2. The lowest BCUT2D eigenvalue weighted by molar-refractivity contribution is -0.131. The Hall–Kier alpha value is -4.20. The SMILES string of the molecule is Cc1cccc(C)c1-c1cc(OC2CCN(C(=O)CC(NC(=O)OC(C)(C)C)C3CC3)C2)nc(NS(=O)(=O)c2cnn(C)c2)n1. The molecular formula is C31H41N7O6S. The molecule has 2 aromatic heterocycles. The van der Waals surface area contributed by atoms with Crippen molar-refractivity contribution in [3.05, 3.63) is 47.8 Å². The van der Waals surface area contributed by atoms with Crippen LogP contribution in [0.3, 0.4) is 0 Å². The number of likely N-dealkylation sites (tertiary alicyclic amines) is 1. The molecule has 14 heteroatoms. The molecular weight excluding hydrogens is 598 g/mol. The maximum absolute atomic E-state index is 13.3. The Morgan fingerprint density at radius 3 is 2.44 bits per heavy atom. The summed E-state index contributed by atoms with van der Waals surface area (Å²) < 4.78 is 41.7. The van der Waals surface area contributed by atoms with Crippen LogP contribution in [0.2, 0.25) is 0 Å². The second-order valence-electron chi connectivity index (χ2n) is 12.8. The smallest absolute Gasteiger partial charge is 0.407 e. The van der Waals surface area contributed by atoms with Crippen LogP contribution in [0.25, 0.3) is 11.3 Å². The summed E-state index contributed by atoms with van der Waals surface area (Å²) in [4.78, 5) is 36.3. The van der Waals surface area contributed by atoms with Gasteiger partial charge in [-0.2, -0.15) is 10.1 Å². The number of benzene rings is 1. The lowest BCUT2D eigenvalue weighted by Crippen LogP contribution is -2.43. The Balaban J connectivity index is 1.31. The lowest BCUT2D eigenvalue weighted by Gasteiger charge is -2.25. The molecule has 13 nitrogen and oxygen atoms in total. The zero-order chi connectivity index (χ0) is 32.5.